The largest absolute Gasteiger partial charge is 0.380 e. The molecule has 0 aromatic heterocycles. The summed E-state index contributed by atoms with van der Waals surface area (Å²) >= 11 is 0. The smallest absolute Gasteiger partial charge is 0.240 e. The van der Waals surface area contributed by atoms with Crippen LogP contribution in [-0.2, 0) is 9.53 Å². The summed E-state index contributed by atoms with van der Waals surface area (Å²) in [6.45, 7) is 8.19. The quantitative estimate of drug-likeness (QED) is 0.670. The molecule has 2 atom stereocenters. The first kappa shape index (κ1) is 12.5. The summed E-state index contributed by atoms with van der Waals surface area (Å²) in [5.74, 6) is 0.182. The van der Waals surface area contributed by atoms with Gasteiger partial charge in [-0.2, -0.15) is 0 Å². The van der Waals surface area contributed by atoms with Gasteiger partial charge in [-0.15, -0.1) is 0 Å². The summed E-state index contributed by atoms with van der Waals surface area (Å²) in [6, 6.07) is -0.0457. The summed E-state index contributed by atoms with van der Waals surface area (Å²) < 4.78 is 5.45. The van der Waals surface area contributed by atoms with Crippen molar-refractivity contribution in [3.63, 3.8) is 0 Å². The predicted molar refractivity (Wildman–Crippen MR) is 59.5 cm³/mol. The maximum Gasteiger partial charge on any atom is 0.240 e. The normalized spacial score (nSPS) is 26.3. The fourth-order valence-corrected chi connectivity index (χ4v) is 1.78. The van der Waals surface area contributed by atoms with Crippen molar-refractivity contribution in [2.75, 3.05) is 19.8 Å². The molecule has 4 heteroatoms. The van der Waals surface area contributed by atoms with Crippen LogP contribution in [-0.4, -0.2) is 42.8 Å². The van der Waals surface area contributed by atoms with Gasteiger partial charge in [0.05, 0.1) is 18.8 Å². The Morgan fingerprint density at radius 2 is 2.13 bits per heavy atom. The average molecular weight is 214 g/mol. The third-order valence-corrected chi connectivity index (χ3v) is 2.73. The highest BCUT2D eigenvalue weighted by Crippen LogP contribution is 2.09. The molecule has 0 saturated carbocycles. The SMILES string of the molecule is CCCCOCCN1C(=O)C(C)NC1C. The maximum atomic E-state index is 11.6. The van der Waals surface area contributed by atoms with Crippen LogP contribution in [0.1, 0.15) is 33.6 Å². The zero-order valence-corrected chi connectivity index (χ0v) is 9.95. The molecule has 0 aromatic carbocycles. The van der Waals surface area contributed by atoms with Gasteiger partial charge in [0.2, 0.25) is 5.91 Å². The van der Waals surface area contributed by atoms with Gasteiger partial charge in [0.1, 0.15) is 0 Å². The lowest BCUT2D eigenvalue weighted by atomic mass is 10.3. The Kier molecular flexibility index (Phi) is 5.05. The number of unbranched alkanes of at least 4 members (excludes halogenated alkanes) is 1. The van der Waals surface area contributed by atoms with Crippen LogP contribution in [0.5, 0.6) is 0 Å². The molecule has 88 valence electrons. The number of rotatable bonds is 6. The van der Waals surface area contributed by atoms with Crippen molar-refractivity contribution in [2.24, 2.45) is 0 Å². The van der Waals surface area contributed by atoms with E-state index in [9.17, 15) is 4.79 Å². The lowest BCUT2D eigenvalue weighted by Gasteiger charge is -2.20. The zero-order chi connectivity index (χ0) is 11.3. The molecular weight excluding hydrogens is 192 g/mol. The van der Waals surface area contributed by atoms with Gasteiger partial charge in [-0.05, 0) is 20.3 Å². The third-order valence-electron chi connectivity index (χ3n) is 2.73. The molecular formula is C11H22N2O2. The number of carbonyl (C=O) groups excluding carboxylic acids is 1. The van der Waals surface area contributed by atoms with Crippen molar-refractivity contribution in [1.29, 1.82) is 0 Å². The van der Waals surface area contributed by atoms with Crippen LogP contribution in [0.3, 0.4) is 0 Å². The van der Waals surface area contributed by atoms with E-state index in [0.717, 1.165) is 19.4 Å². The van der Waals surface area contributed by atoms with Gasteiger partial charge in [0.15, 0.2) is 0 Å². The molecule has 1 rings (SSSR count). The van der Waals surface area contributed by atoms with Crippen LogP contribution in [0, 0.1) is 0 Å². The first-order chi connectivity index (χ1) is 7.16. The second-order valence-corrected chi connectivity index (χ2v) is 4.06. The molecule has 0 bridgehead atoms. The summed E-state index contributed by atoms with van der Waals surface area (Å²) in [5.41, 5.74) is 0. The van der Waals surface area contributed by atoms with Crippen molar-refractivity contribution in [1.82, 2.24) is 10.2 Å². The van der Waals surface area contributed by atoms with E-state index in [1.54, 1.807) is 0 Å². The van der Waals surface area contributed by atoms with E-state index >= 15 is 0 Å². The van der Waals surface area contributed by atoms with E-state index in [1.807, 2.05) is 18.7 Å². The fraction of sp³-hybridized carbons (Fsp3) is 0.909. The second-order valence-electron chi connectivity index (χ2n) is 4.06. The van der Waals surface area contributed by atoms with E-state index in [4.69, 9.17) is 4.74 Å². The minimum absolute atomic E-state index is 0.0457. The Morgan fingerprint density at radius 1 is 1.40 bits per heavy atom. The number of nitrogens with zero attached hydrogens (tertiary/aromatic N) is 1. The first-order valence-corrected chi connectivity index (χ1v) is 5.81. The first-order valence-electron chi connectivity index (χ1n) is 5.81. The van der Waals surface area contributed by atoms with Gasteiger partial charge in [0.25, 0.3) is 0 Å². The Hall–Kier alpha value is -0.610. The van der Waals surface area contributed by atoms with Gasteiger partial charge < -0.3 is 9.64 Å². The highest BCUT2D eigenvalue weighted by molar-refractivity contribution is 5.83. The number of amides is 1. The van der Waals surface area contributed by atoms with E-state index in [2.05, 4.69) is 12.2 Å². The van der Waals surface area contributed by atoms with Gasteiger partial charge in [-0.3, -0.25) is 10.1 Å². The van der Waals surface area contributed by atoms with Crippen LogP contribution in [0.2, 0.25) is 0 Å². The van der Waals surface area contributed by atoms with E-state index in [0.29, 0.717) is 13.2 Å². The Morgan fingerprint density at radius 3 is 2.67 bits per heavy atom. The third kappa shape index (κ3) is 3.47. The predicted octanol–water partition coefficient (Wildman–Crippen LogP) is 0.969. The van der Waals surface area contributed by atoms with Crippen molar-refractivity contribution in [3.05, 3.63) is 0 Å². The molecule has 15 heavy (non-hydrogen) atoms. The monoisotopic (exact) mass is 214 g/mol. The van der Waals surface area contributed by atoms with Gasteiger partial charge in [-0.1, -0.05) is 13.3 Å². The van der Waals surface area contributed by atoms with Crippen molar-refractivity contribution in [3.8, 4) is 0 Å². The Balaban J connectivity index is 2.18. The summed E-state index contributed by atoms with van der Waals surface area (Å²) in [6.07, 6.45) is 2.39. The fourth-order valence-electron chi connectivity index (χ4n) is 1.78. The molecule has 2 unspecified atom stereocenters. The molecule has 1 N–H and O–H groups in total. The number of hydrogen-bond donors (Lipinski definition) is 1. The summed E-state index contributed by atoms with van der Waals surface area (Å²) in [7, 11) is 0. The molecule has 0 aliphatic carbocycles. The van der Waals surface area contributed by atoms with E-state index in [1.165, 1.54) is 0 Å². The van der Waals surface area contributed by atoms with Gasteiger partial charge in [-0.25, -0.2) is 0 Å². The number of hydrogen-bond acceptors (Lipinski definition) is 3. The molecule has 1 aliphatic rings. The average Bonchev–Trinajstić information content (AvgIpc) is 2.44. The Bertz CT molecular complexity index is 209. The van der Waals surface area contributed by atoms with Crippen LogP contribution >= 0.6 is 0 Å². The molecule has 1 heterocycles. The van der Waals surface area contributed by atoms with Crippen molar-refractivity contribution < 1.29 is 9.53 Å². The van der Waals surface area contributed by atoms with E-state index in [-0.39, 0.29) is 18.1 Å². The molecule has 1 aliphatic heterocycles. The lowest BCUT2D eigenvalue weighted by Crippen LogP contribution is -2.37. The van der Waals surface area contributed by atoms with Crippen LogP contribution < -0.4 is 5.32 Å². The molecule has 1 fully saturated rings. The highest BCUT2D eigenvalue weighted by Gasteiger charge is 2.32. The highest BCUT2D eigenvalue weighted by atomic mass is 16.5. The molecule has 4 nitrogen and oxygen atoms in total. The lowest BCUT2D eigenvalue weighted by molar-refractivity contribution is -0.130. The second kappa shape index (κ2) is 6.08. The van der Waals surface area contributed by atoms with Crippen molar-refractivity contribution >= 4 is 5.91 Å². The molecule has 0 aromatic rings. The topological polar surface area (TPSA) is 41.6 Å². The number of carbonyl (C=O) groups is 1. The minimum atomic E-state index is -0.0457. The molecule has 0 radical (unpaired) electrons. The number of ether oxygens (including phenoxy) is 1. The molecule has 0 spiro atoms. The maximum absolute atomic E-state index is 11.6. The summed E-state index contributed by atoms with van der Waals surface area (Å²) in [4.78, 5) is 13.5. The zero-order valence-electron chi connectivity index (χ0n) is 9.95. The Labute approximate surface area is 92.0 Å². The van der Waals surface area contributed by atoms with Gasteiger partial charge >= 0.3 is 0 Å². The summed E-state index contributed by atoms with van der Waals surface area (Å²) in [5, 5.41) is 3.19. The molecule has 1 saturated heterocycles. The molecule has 1 amide bonds. The van der Waals surface area contributed by atoms with Crippen LogP contribution in [0.15, 0.2) is 0 Å². The standard InChI is InChI=1S/C11H22N2O2/c1-4-5-7-15-8-6-13-10(3)12-9(2)11(13)14/h9-10,12H,4-8H2,1-3H3. The van der Waals surface area contributed by atoms with Gasteiger partial charge in [0, 0.05) is 13.2 Å². The van der Waals surface area contributed by atoms with E-state index < -0.39 is 0 Å². The van der Waals surface area contributed by atoms with Crippen LogP contribution in [0.4, 0.5) is 0 Å². The van der Waals surface area contributed by atoms with Crippen molar-refractivity contribution in [2.45, 2.75) is 45.8 Å². The minimum Gasteiger partial charge on any atom is -0.380 e. The number of nitrogens with one attached hydrogen (secondary N) is 1. The van der Waals surface area contributed by atoms with Crippen LogP contribution in [0.25, 0.3) is 0 Å².